The lowest BCUT2D eigenvalue weighted by molar-refractivity contribution is 0.590. The maximum atomic E-state index is 12.0. The van der Waals surface area contributed by atoms with Crippen molar-refractivity contribution in [1.82, 2.24) is 4.98 Å². The number of rotatable bonds is 1. The van der Waals surface area contributed by atoms with Gasteiger partial charge in [0.05, 0.1) is 0 Å². The number of pyridine rings is 1. The number of hydrogen-bond acceptors (Lipinski definition) is 1. The van der Waals surface area contributed by atoms with Crippen molar-refractivity contribution in [2.45, 2.75) is 47.0 Å². The molecule has 0 atom stereocenters. The van der Waals surface area contributed by atoms with Crippen LogP contribution in [0, 0.1) is 20.8 Å². The van der Waals surface area contributed by atoms with Gasteiger partial charge in [-0.25, -0.2) is 0 Å². The van der Waals surface area contributed by atoms with Crippen molar-refractivity contribution in [2.75, 3.05) is 0 Å². The van der Waals surface area contributed by atoms with Gasteiger partial charge in [0.25, 0.3) is 0 Å². The number of aromatic nitrogens is 1. The van der Waals surface area contributed by atoms with E-state index < -0.39 is 0 Å². The molecule has 2 nitrogen and oxygen atoms in total. The van der Waals surface area contributed by atoms with Gasteiger partial charge in [-0.3, -0.25) is 4.79 Å². The van der Waals surface area contributed by atoms with E-state index in [0.717, 1.165) is 22.5 Å². The molecule has 0 fully saturated rings. The van der Waals surface area contributed by atoms with Crippen molar-refractivity contribution in [1.29, 1.82) is 0 Å². The maximum absolute atomic E-state index is 12.0. The highest BCUT2D eigenvalue weighted by Gasteiger charge is 2.15. The van der Waals surface area contributed by atoms with Gasteiger partial charge < -0.3 is 4.98 Å². The molecule has 2 rings (SSSR count). The standard InChI is InChI=1S/C18H23NO/c1-11-9-14(18(4,5)6)7-8-15(11)16-10-17(20)12(2)13(3)19-16/h7-10H,1-6H3,(H,19,20). The van der Waals surface area contributed by atoms with Gasteiger partial charge in [0.15, 0.2) is 5.43 Å². The Morgan fingerprint density at radius 1 is 1.00 bits per heavy atom. The first-order chi connectivity index (χ1) is 9.20. The smallest absolute Gasteiger partial charge is 0.185 e. The predicted octanol–water partition coefficient (Wildman–Crippen LogP) is 4.26. The number of benzene rings is 1. The maximum Gasteiger partial charge on any atom is 0.185 e. The van der Waals surface area contributed by atoms with E-state index in [0.29, 0.717) is 0 Å². The van der Waals surface area contributed by atoms with Gasteiger partial charge in [0.2, 0.25) is 0 Å². The van der Waals surface area contributed by atoms with Crippen molar-refractivity contribution in [2.24, 2.45) is 0 Å². The van der Waals surface area contributed by atoms with Gasteiger partial charge in [-0.15, -0.1) is 0 Å². The molecule has 0 spiro atoms. The Morgan fingerprint density at radius 2 is 1.65 bits per heavy atom. The van der Waals surface area contributed by atoms with E-state index >= 15 is 0 Å². The van der Waals surface area contributed by atoms with Crippen molar-refractivity contribution >= 4 is 0 Å². The lowest BCUT2D eigenvalue weighted by atomic mass is 9.85. The van der Waals surface area contributed by atoms with Crippen LogP contribution in [0.4, 0.5) is 0 Å². The summed E-state index contributed by atoms with van der Waals surface area (Å²) in [7, 11) is 0. The minimum absolute atomic E-state index is 0.0931. The van der Waals surface area contributed by atoms with Gasteiger partial charge in [0.1, 0.15) is 0 Å². The molecule has 2 heteroatoms. The van der Waals surface area contributed by atoms with Crippen LogP contribution in [0.25, 0.3) is 11.3 Å². The normalized spacial score (nSPS) is 11.7. The second-order valence-electron chi connectivity index (χ2n) is 6.58. The Kier molecular flexibility index (Phi) is 3.59. The minimum atomic E-state index is 0.0931. The highest BCUT2D eigenvalue weighted by Crippen LogP contribution is 2.28. The van der Waals surface area contributed by atoms with Crippen molar-refractivity contribution in [3.8, 4) is 11.3 Å². The van der Waals surface area contributed by atoms with Gasteiger partial charge in [-0.1, -0.05) is 39.0 Å². The summed E-state index contributed by atoms with van der Waals surface area (Å²) in [6.45, 7) is 12.5. The Balaban J connectivity index is 2.57. The molecule has 0 aliphatic carbocycles. The molecule has 0 saturated carbocycles. The van der Waals surface area contributed by atoms with Crippen LogP contribution in [-0.4, -0.2) is 4.98 Å². The highest BCUT2D eigenvalue weighted by molar-refractivity contribution is 5.64. The van der Waals surface area contributed by atoms with E-state index in [1.165, 1.54) is 11.1 Å². The molecule has 0 amide bonds. The number of aromatic amines is 1. The average molecular weight is 269 g/mol. The van der Waals surface area contributed by atoms with Crippen molar-refractivity contribution < 1.29 is 0 Å². The van der Waals surface area contributed by atoms with E-state index in [9.17, 15) is 4.79 Å². The van der Waals surface area contributed by atoms with Crippen LogP contribution in [0.15, 0.2) is 29.1 Å². The molecule has 106 valence electrons. The number of hydrogen-bond donors (Lipinski definition) is 1. The molecule has 2 aromatic rings. The number of H-pyrrole nitrogens is 1. The summed E-state index contributed by atoms with van der Waals surface area (Å²) in [5, 5.41) is 0. The van der Waals surface area contributed by atoms with E-state index in [-0.39, 0.29) is 10.8 Å². The lowest BCUT2D eigenvalue weighted by Gasteiger charge is -2.20. The van der Waals surface area contributed by atoms with Crippen molar-refractivity contribution in [3.05, 3.63) is 56.9 Å². The Bertz CT molecular complexity index is 702. The fourth-order valence-corrected chi connectivity index (χ4v) is 2.33. The first kappa shape index (κ1) is 14.6. The monoisotopic (exact) mass is 269 g/mol. The van der Waals surface area contributed by atoms with Gasteiger partial charge >= 0.3 is 0 Å². The van der Waals surface area contributed by atoms with Crippen LogP contribution < -0.4 is 5.43 Å². The Labute approximate surface area is 120 Å². The third-order valence-corrected chi connectivity index (χ3v) is 3.91. The summed E-state index contributed by atoms with van der Waals surface area (Å²) in [5.74, 6) is 0. The zero-order chi connectivity index (χ0) is 15.1. The quantitative estimate of drug-likeness (QED) is 0.824. The molecular weight excluding hydrogens is 246 g/mol. The van der Waals surface area contributed by atoms with E-state index in [4.69, 9.17) is 0 Å². The molecule has 20 heavy (non-hydrogen) atoms. The summed E-state index contributed by atoms with van der Waals surface area (Å²) < 4.78 is 0. The largest absolute Gasteiger partial charge is 0.358 e. The summed E-state index contributed by atoms with van der Waals surface area (Å²) in [6, 6.07) is 8.16. The molecule has 1 heterocycles. The third kappa shape index (κ3) is 2.69. The average Bonchev–Trinajstić information content (AvgIpc) is 2.34. The molecule has 0 aliphatic heterocycles. The Morgan fingerprint density at radius 3 is 2.15 bits per heavy atom. The van der Waals surface area contributed by atoms with Crippen LogP contribution in [0.5, 0.6) is 0 Å². The second kappa shape index (κ2) is 4.93. The van der Waals surface area contributed by atoms with Crippen LogP contribution >= 0.6 is 0 Å². The summed E-state index contributed by atoms with van der Waals surface area (Å²) >= 11 is 0. The summed E-state index contributed by atoms with van der Waals surface area (Å²) in [4.78, 5) is 15.3. The van der Waals surface area contributed by atoms with E-state index in [2.05, 4.69) is 50.9 Å². The van der Waals surface area contributed by atoms with E-state index in [1.54, 1.807) is 6.07 Å². The molecule has 1 N–H and O–H groups in total. The fourth-order valence-electron chi connectivity index (χ4n) is 2.33. The van der Waals surface area contributed by atoms with Crippen molar-refractivity contribution in [3.63, 3.8) is 0 Å². The topological polar surface area (TPSA) is 32.9 Å². The number of aryl methyl sites for hydroxylation is 2. The first-order valence-electron chi connectivity index (χ1n) is 7.02. The minimum Gasteiger partial charge on any atom is -0.358 e. The highest BCUT2D eigenvalue weighted by atomic mass is 16.1. The number of nitrogens with one attached hydrogen (secondary N) is 1. The summed E-state index contributed by atoms with van der Waals surface area (Å²) in [5.41, 5.74) is 6.45. The van der Waals surface area contributed by atoms with Crippen LogP contribution in [-0.2, 0) is 5.41 Å². The molecule has 0 aliphatic rings. The van der Waals surface area contributed by atoms with Gasteiger partial charge in [-0.05, 0) is 37.3 Å². The van der Waals surface area contributed by atoms with Crippen LogP contribution in [0.3, 0.4) is 0 Å². The predicted molar refractivity (Wildman–Crippen MR) is 85.4 cm³/mol. The van der Waals surface area contributed by atoms with Crippen LogP contribution in [0.2, 0.25) is 0 Å². The zero-order valence-corrected chi connectivity index (χ0v) is 13.2. The Hall–Kier alpha value is -1.83. The molecule has 0 radical (unpaired) electrons. The van der Waals surface area contributed by atoms with Gasteiger partial charge in [-0.2, -0.15) is 0 Å². The third-order valence-electron chi connectivity index (χ3n) is 3.91. The molecule has 0 bridgehead atoms. The molecule has 0 unspecified atom stereocenters. The zero-order valence-electron chi connectivity index (χ0n) is 13.2. The lowest BCUT2D eigenvalue weighted by Crippen LogP contribution is -2.12. The SMILES string of the molecule is Cc1cc(C(C)(C)C)ccc1-c1cc(=O)c(C)c(C)[nH]1. The molecule has 0 saturated heterocycles. The van der Waals surface area contributed by atoms with E-state index in [1.807, 2.05) is 13.8 Å². The molecule has 1 aromatic carbocycles. The van der Waals surface area contributed by atoms with Crippen LogP contribution in [0.1, 0.15) is 43.2 Å². The molecule has 1 aromatic heterocycles. The second-order valence-corrected chi connectivity index (χ2v) is 6.58. The van der Waals surface area contributed by atoms with Gasteiger partial charge in [0, 0.05) is 28.6 Å². The molecular formula is C18H23NO. The fraction of sp³-hybridized carbons (Fsp3) is 0.389. The first-order valence-corrected chi connectivity index (χ1v) is 7.02. The summed E-state index contributed by atoms with van der Waals surface area (Å²) in [6.07, 6.45) is 0.